The minimum absolute atomic E-state index is 0.0807. The molecule has 0 fully saturated rings. The van der Waals surface area contributed by atoms with E-state index in [9.17, 15) is 0 Å². The van der Waals surface area contributed by atoms with Crippen LogP contribution in [0.25, 0.3) is 0 Å². The minimum Gasteiger partial charge on any atom is -0.375 e. The van der Waals surface area contributed by atoms with Crippen LogP contribution in [0, 0.1) is 0 Å². The highest BCUT2D eigenvalue weighted by Crippen LogP contribution is 2.19. The molecular weight excluding hydrogens is 164 g/mol. The summed E-state index contributed by atoms with van der Waals surface area (Å²) in [6.07, 6.45) is 3.16. The Balaban J connectivity index is 2.36. The molecule has 3 heteroatoms. The van der Waals surface area contributed by atoms with Crippen molar-refractivity contribution >= 4 is 0 Å². The van der Waals surface area contributed by atoms with Crippen molar-refractivity contribution in [2.24, 2.45) is 0 Å². The van der Waals surface area contributed by atoms with Gasteiger partial charge in [-0.15, -0.1) is 0 Å². The Labute approximate surface area is 78.7 Å². The Morgan fingerprint density at radius 1 is 1.46 bits per heavy atom. The second kappa shape index (κ2) is 2.84. The number of fused-ring (bicyclic) bond motifs is 1. The van der Waals surface area contributed by atoms with Gasteiger partial charge in [0, 0.05) is 6.20 Å². The van der Waals surface area contributed by atoms with E-state index in [1.807, 2.05) is 4.68 Å². The van der Waals surface area contributed by atoms with Gasteiger partial charge >= 0.3 is 0 Å². The average Bonchev–Trinajstić information content (AvgIpc) is 2.45. The Kier molecular flexibility index (Phi) is 1.91. The number of hydrogen-bond donors (Lipinski definition) is 0. The normalized spacial score (nSPS) is 17.2. The molecule has 13 heavy (non-hydrogen) atoms. The molecule has 0 aliphatic carbocycles. The summed E-state index contributed by atoms with van der Waals surface area (Å²) in [5.41, 5.74) is 2.54. The van der Waals surface area contributed by atoms with Crippen molar-refractivity contribution in [1.29, 1.82) is 0 Å². The van der Waals surface area contributed by atoms with E-state index in [4.69, 9.17) is 4.74 Å². The van der Waals surface area contributed by atoms with Gasteiger partial charge in [-0.2, -0.15) is 5.10 Å². The maximum atomic E-state index is 5.35. The second-order valence-electron chi connectivity index (χ2n) is 4.52. The molecular formula is C10H16N2O. The van der Waals surface area contributed by atoms with Crippen molar-refractivity contribution in [3.05, 3.63) is 17.5 Å². The maximum Gasteiger partial charge on any atom is 0.0914 e. The summed E-state index contributed by atoms with van der Waals surface area (Å²) in [4.78, 5) is 0. The Morgan fingerprint density at radius 2 is 2.23 bits per heavy atom. The fourth-order valence-electron chi connectivity index (χ4n) is 1.47. The second-order valence-corrected chi connectivity index (χ2v) is 4.52. The molecule has 1 aromatic heterocycles. The van der Waals surface area contributed by atoms with Crippen molar-refractivity contribution in [3.8, 4) is 0 Å². The van der Waals surface area contributed by atoms with Crippen LogP contribution in [0.3, 0.4) is 0 Å². The first kappa shape index (κ1) is 8.75. The van der Waals surface area contributed by atoms with Crippen LogP contribution in [0.5, 0.6) is 0 Å². The van der Waals surface area contributed by atoms with E-state index in [1.165, 1.54) is 5.56 Å². The van der Waals surface area contributed by atoms with Gasteiger partial charge in [0.2, 0.25) is 0 Å². The third-order valence-electron chi connectivity index (χ3n) is 2.32. The summed E-state index contributed by atoms with van der Waals surface area (Å²) in [6.45, 7) is 7.99. The number of nitrogens with zero attached hydrogens (tertiary/aromatic N) is 2. The standard InChI is InChI=1S/C10H16N2O/c1-10(2,3)12-6-8-4-5-13-7-9(8)11-12/h6H,4-5,7H2,1-3H3. The van der Waals surface area contributed by atoms with E-state index in [-0.39, 0.29) is 5.54 Å². The fourth-order valence-corrected chi connectivity index (χ4v) is 1.47. The predicted octanol–water partition coefficient (Wildman–Crippen LogP) is 1.71. The minimum atomic E-state index is 0.0807. The molecule has 0 saturated carbocycles. The van der Waals surface area contributed by atoms with Crippen LogP contribution < -0.4 is 0 Å². The zero-order valence-corrected chi connectivity index (χ0v) is 8.50. The molecule has 0 spiro atoms. The topological polar surface area (TPSA) is 27.1 Å². The lowest BCUT2D eigenvalue weighted by Crippen LogP contribution is -2.22. The van der Waals surface area contributed by atoms with Crippen molar-refractivity contribution in [1.82, 2.24) is 9.78 Å². The van der Waals surface area contributed by atoms with Gasteiger partial charge in [0.05, 0.1) is 24.4 Å². The summed E-state index contributed by atoms with van der Waals surface area (Å²) in [5, 5.41) is 4.51. The van der Waals surface area contributed by atoms with Crippen LogP contribution in [0.2, 0.25) is 0 Å². The molecule has 0 N–H and O–H groups in total. The zero-order chi connectivity index (χ0) is 9.47. The highest BCUT2D eigenvalue weighted by atomic mass is 16.5. The van der Waals surface area contributed by atoms with Crippen LogP contribution in [0.15, 0.2) is 6.20 Å². The Bertz CT molecular complexity index is 286. The molecule has 0 atom stereocenters. The van der Waals surface area contributed by atoms with Crippen LogP contribution in [-0.2, 0) is 23.3 Å². The summed E-state index contributed by atoms with van der Waals surface area (Å²) in [5.74, 6) is 0. The monoisotopic (exact) mass is 180 g/mol. The van der Waals surface area contributed by atoms with Crippen LogP contribution in [0.4, 0.5) is 0 Å². The van der Waals surface area contributed by atoms with Crippen LogP contribution in [-0.4, -0.2) is 16.4 Å². The summed E-state index contributed by atoms with van der Waals surface area (Å²) < 4.78 is 7.38. The quantitative estimate of drug-likeness (QED) is 0.607. The van der Waals surface area contributed by atoms with E-state index in [2.05, 4.69) is 32.1 Å². The van der Waals surface area contributed by atoms with E-state index in [0.29, 0.717) is 6.61 Å². The fraction of sp³-hybridized carbons (Fsp3) is 0.700. The van der Waals surface area contributed by atoms with Crippen molar-refractivity contribution in [2.45, 2.75) is 39.3 Å². The van der Waals surface area contributed by atoms with E-state index < -0.39 is 0 Å². The third-order valence-corrected chi connectivity index (χ3v) is 2.32. The van der Waals surface area contributed by atoms with Crippen molar-refractivity contribution in [3.63, 3.8) is 0 Å². The average molecular weight is 180 g/mol. The molecule has 0 radical (unpaired) electrons. The molecule has 1 aliphatic rings. The highest BCUT2D eigenvalue weighted by molar-refractivity contribution is 5.18. The molecule has 0 aromatic carbocycles. The molecule has 0 bridgehead atoms. The van der Waals surface area contributed by atoms with E-state index in [0.717, 1.165) is 18.7 Å². The number of rotatable bonds is 0. The van der Waals surface area contributed by atoms with Crippen molar-refractivity contribution < 1.29 is 4.74 Å². The first-order valence-electron chi connectivity index (χ1n) is 4.73. The Hall–Kier alpha value is -0.830. The molecule has 1 aliphatic heterocycles. The molecule has 72 valence electrons. The molecule has 0 unspecified atom stereocenters. The first-order chi connectivity index (χ1) is 6.07. The number of hydrogen-bond acceptors (Lipinski definition) is 2. The highest BCUT2D eigenvalue weighted by Gasteiger charge is 2.19. The summed E-state index contributed by atoms with van der Waals surface area (Å²) >= 11 is 0. The molecule has 2 rings (SSSR count). The van der Waals surface area contributed by atoms with Crippen LogP contribution >= 0.6 is 0 Å². The largest absolute Gasteiger partial charge is 0.375 e. The predicted molar refractivity (Wildman–Crippen MR) is 50.6 cm³/mol. The lowest BCUT2D eigenvalue weighted by Gasteiger charge is -2.18. The van der Waals surface area contributed by atoms with Gasteiger partial charge < -0.3 is 4.74 Å². The Morgan fingerprint density at radius 3 is 2.85 bits per heavy atom. The molecule has 2 heterocycles. The van der Waals surface area contributed by atoms with Gasteiger partial charge in [0.25, 0.3) is 0 Å². The molecule has 0 saturated heterocycles. The SMILES string of the molecule is CC(C)(C)n1cc2c(n1)COCC2. The van der Waals surface area contributed by atoms with Gasteiger partial charge in [-0.25, -0.2) is 0 Å². The van der Waals surface area contributed by atoms with Gasteiger partial charge in [-0.05, 0) is 32.8 Å². The first-order valence-corrected chi connectivity index (χ1v) is 4.73. The summed E-state index contributed by atoms with van der Waals surface area (Å²) in [7, 11) is 0. The zero-order valence-electron chi connectivity index (χ0n) is 8.50. The number of aromatic nitrogens is 2. The molecule has 0 amide bonds. The van der Waals surface area contributed by atoms with E-state index in [1.54, 1.807) is 0 Å². The molecule has 3 nitrogen and oxygen atoms in total. The van der Waals surface area contributed by atoms with Gasteiger partial charge in [0.15, 0.2) is 0 Å². The smallest absolute Gasteiger partial charge is 0.0914 e. The molecule has 1 aromatic rings. The summed E-state index contributed by atoms with van der Waals surface area (Å²) in [6, 6.07) is 0. The van der Waals surface area contributed by atoms with Crippen LogP contribution in [0.1, 0.15) is 32.0 Å². The van der Waals surface area contributed by atoms with E-state index >= 15 is 0 Å². The van der Waals surface area contributed by atoms with Gasteiger partial charge in [-0.3, -0.25) is 4.68 Å². The van der Waals surface area contributed by atoms with Gasteiger partial charge in [-0.1, -0.05) is 0 Å². The van der Waals surface area contributed by atoms with Gasteiger partial charge in [0.1, 0.15) is 0 Å². The maximum absolute atomic E-state index is 5.35. The van der Waals surface area contributed by atoms with Crippen molar-refractivity contribution in [2.75, 3.05) is 6.61 Å². The lowest BCUT2D eigenvalue weighted by atomic mass is 10.1. The third kappa shape index (κ3) is 1.61. The lowest BCUT2D eigenvalue weighted by molar-refractivity contribution is 0.107. The number of ether oxygens (including phenoxy) is 1.